The van der Waals surface area contributed by atoms with E-state index in [0.717, 1.165) is 20.4 Å². The Morgan fingerprint density at radius 3 is 2.52 bits per heavy atom. The number of carbonyl (C=O) groups excluding carboxylic acids is 1. The SMILES string of the molecule is Cc1ccc(-c2csc(NC(=O)c3cc(C)ccc3I)n2)cc1. The van der Waals surface area contributed by atoms with Gasteiger partial charge in [-0.3, -0.25) is 10.1 Å². The van der Waals surface area contributed by atoms with Gasteiger partial charge in [0.1, 0.15) is 0 Å². The molecule has 23 heavy (non-hydrogen) atoms. The van der Waals surface area contributed by atoms with E-state index in [-0.39, 0.29) is 5.91 Å². The van der Waals surface area contributed by atoms with Crippen LogP contribution in [0.4, 0.5) is 5.13 Å². The summed E-state index contributed by atoms with van der Waals surface area (Å²) >= 11 is 3.61. The molecule has 1 heterocycles. The third-order valence-electron chi connectivity index (χ3n) is 3.44. The molecule has 0 aliphatic heterocycles. The van der Waals surface area contributed by atoms with Crippen LogP contribution in [0.2, 0.25) is 0 Å². The number of aryl methyl sites for hydroxylation is 2. The molecule has 0 atom stereocenters. The van der Waals surface area contributed by atoms with E-state index in [1.54, 1.807) is 0 Å². The van der Waals surface area contributed by atoms with Gasteiger partial charge in [0.15, 0.2) is 5.13 Å². The molecule has 116 valence electrons. The van der Waals surface area contributed by atoms with Gasteiger partial charge in [0.2, 0.25) is 0 Å². The zero-order valence-corrected chi connectivity index (χ0v) is 15.7. The fraction of sp³-hybridized carbons (Fsp3) is 0.111. The maximum Gasteiger partial charge on any atom is 0.258 e. The smallest absolute Gasteiger partial charge is 0.258 e. The number of nitrogens with zero attached hydrogens (tertiary/aromatic N) is 1. The summed E-state index contributed by atoms with van der Waals surface area (Å²) in [5, 5.41) is 5.47. The first kappa shape index (κ1) is 16.1. The number of halogens is 1. The highest BCUT2D eigenvalue weighted by atomic mass is 127. The molecule has 0 bridgehead atoms. The average Bonchev–Trinajstić information content (AvgIpc) is 2.99. The predicted octanol–water partition coefficient (Wildman–Crippen LogP) is 5.28. The molecule has 3 aromatic rings. The normalized spacial score (nSPS) is 10.6. The van der Waals surface area contributed by atoms with Crippen LogP contribution in [-0.4, -0.2) is 10.9 Å². The minimum Gasteiger partial charge on any atom is -0.298 e. The number of thiazole rings is 1. The fourth-order valence-electron chi connectivity index (χ4n) is 2.17. The van der Waals surface area contributed by atoms with Crippen LogP contribution in [-0.2, 0) is 0 Å². The van der Waals surface area contributed by atoms with E-state index in [9.17, 15) is 4.79 Å². The number of benzene rings is 2. The molecule has 1 N–H and O–H groups in total. The molecule has 0 radical (unpaired) electrons. The lowest BCUT2D eigenvalue weighted by Crippen LogP contribution is -2.13. The Labute approximate surface area is 152 Å². The van der Waals surface area contributed by atoms with Gasteiger partial charge in [0.05, 0.1) is 11.3 Å². The van der Waals surface area contributed by atoms with E-state index in [4.69, 9.17) is 0 Å². The second-order valence-electron chi connectivity index (χ2n) is 5.34. The molecule has 3 nitrogen and oxygen atoms in total. The molecule has 0 unspecified atom stereocenters. The number of rotatable bonds is 3. The molecule has 1 aromatic heterocycles. The van der Waals surface area contributed by atoms with Crippen molar-refractivity contribution in [1.82, 2.24) is 4.98 Å². The monoisotopic (exact) mass is 434 g/mol. The highest BCUT2D eigenvalue weighted by Crippen LogP contribution is 2.26. The fourth-order valence-corrected chi connectivity index (χ4v) is 3.46. The molecule has 0 saturated carbocycles. The standard InChI is InChI=1S/C18H15IN2OS/c1-11-3-6-13(7-4-11)16-10-23-18(20-16)21-17(22)14-9-12(2)5-8-15(14)19/h3-10H,1-2H3,(H,20,21,22). The van der Waals surface area contributed by atoms with Crippen molar-refractivity contribution in [3.05, 3.63) is 68.1 Å². The van der Waals surface area contributed by atoms with Gasteiger partial charge in [-0.15, -0.1) is 11.3 Å². The summed E-state index contributed by atoms with van der Waals surface area (Å²) in [5.74, 6) is -0.122. The van der Waals surface area contributed by atoms with E-state index >= 15 is 0 Å². The van der Waals surface area contributed by atoms with Gasteiger partial charge in [-0.05, 0) is 48.6 Å². The molecule has 0 aliphatic carbocycles. The van der Waals surface area contributed by atoms with Crippen molar-refractivity contribution >= 4 is 45.0 Å². The second-order valence-corrected chi connectivity index (χ2v) is 7.36. The minimum absolute atomic E-state index is 0.122. The van der Waals surface area contributed by atoms with Gasteiger partial charge in [0.25, 0.3) is 5.91 Å². The molecule has 1 amide bonds. The van der Waals surface area contributed by atoms with Gasteiger partial charge in [-0.2, -0.15) is 0 Å². The molecule has 0 aliphatic rings. The van der Waals surface area contributed by atoms with Crippen LogP contribution in [0.25, 0.3) is 11.3 Å². The predicted molar refractivity (Wildman–Crippen MR) is 104 cm³/mol. The third kappa shape index (κ3) is 3.79. The molecule has 5 heteroatoms. The first-order valence-electron chi connectivity index (χ1n) is 7.13. The summed E-state index contributed by atoms with van der Waals surface area (Å²) in [5.41, 5.74) is 4.89. The van der Waals surface area contributed by atoms with E-state index in [1.165, 1.54) is 16.9 Å². The van der Waals surface area contributed by atoms with E-state index in [2.05, 4.69) is 51.9 Å². The molecule has 0 spiro atoms. The molecular formula is C18H15IN2OS. The van der Waals surface area contributed by atoms with Crippen molar-refractivity contribution < 1.29 is 4.79 Å². The highest BCUT2D eigenvalue weighted by molar-refractivity contribution is 14.1. The Bertz CT molecular complexity index is 856. The summed E-state index contributed by atoms with van der Waals surface area (Å²) < 4.78 is 0.931. The van der Waals surface area contributed by atoms with E-state index < -0.39 is 0 Å². The van der Waals surface area contributed by atoms with Gasteiger partial charge in [-0.1, -0.05) is 41.5 Å². The van der Waals surface area contributed by atoms with Crippen molar-refractivity contribution in [2.75, 3.05) is 5.32 Å². The lowest BCUT2D eigenvalue weighted by atomic mass is 10.1. The maximum absolute atomic E-state index is 12.4. The van der Waals surface area contributed by atoms with Gasteiger partial charge >= 0.3 is 0 Å². The first-order chi connectivity index (χ1) is 11.0. The van der Waals surface area contributed by atoms with Crippen molar-refractivity contribution in [3.8, 4) is 11.3 Å². The molecule has 0 saturated heterocycles. The number of aromatic nitrogens is 1. The quantitative estimate of drug-likeness (QED) is 0.570. The van der Waals surface area contributed by atoms with Crippen molar-refractivity contribution in [1.29, 1.82) is 0 Å². The van der Waals surface area contributed by atoms with Crippen LogP contribution in [0.5, 0.6) is 0 Å². The Morgan fingerprint density at radius 2 is 1.78 bits per heavy atom. The Hall–Kier alpha value is -1.73. The van der Waals surface area contributed by atoms with Crippen molar-refractivity contribution in [2.24, 2.45) is 0 Å². The lowest BCUT2D eigenvalue weighted by Gasteiger charge is -2.05. The zero-order valence-electron chi connectivity index (χ0n) is 12.8. The highest BCUT2D eigenvalue weighted by Gasteiger charge is 2.13. The number of amides is 1. The zero-order chi connectivity index (χ0) is 16.4. The van der Waals surface area contributed by atoms with Gasteiger partial charge < -0.3 is 0 Å². The number of carbonyl (C=O) groups is 1. The Kier molecular flexibility index (Phi) is 4.77. The molecule has 2 aromatic carbocycles. The van der Waals surface area contributed by atoms with Crippen LogP contribution in [0, 0.1) is 17.4 Å². The first-order valence-corrected chi connectivity index (χ1v) is 9.09. The van der Waals surface area contributed by atoms with Crippen molar-refractivity contribution in [2.45, 2.75) is 13.8 Å². The summed E-state index contributed by atoms with van der Waals surface area (Å²) in [7, 11) is 0. The van der Waals surface area contributed by atoms with Crippen LogP contribution in [0.3, 0.4) is 0 Å². The van der Waals surface area contributed by atoms with Crippen LogP contribution < -0.4 is 5.32 Å². The van der Waals surface area contributed by atoms with Gasteiger partial charge in [-0.25, -0.2) is 4.98 Å². The minimum atomic E-state index is -0.122. The summed E-state index contributed by atoms with van der Waals surface area (Å²) in [4.78, 5) is 16.9. The van der Waals surface area contributed by atoms with Gasteiger partial charge in [0, 0.05) is 14.5 Å². The maximum atomic E-state index is 12.4. The summed E-state index contributed by atoms with van der Waals surface area (Å²) in [6, 6.07) is 14.0. The lowest BCUT2D eigenvalue weighted by molar-refractivity contribution is 0.102. The van der Waals surface area contributed by atoms with Crippen molar-refractivity contribution in [3.63, 3.8) is 0 Å². The Balaban J connectivity index is 1.80. The van der Waals surface area contributed by atoms with Crippen LogP contribution >= 0.6 is 33.9 Å². The summed E-state index contributed by atoms with van der Waals surface area (Å²) in [6.45, 7) is 4.03. The molecular weight excluding hydrogens is 419 g/mol. The van der Waals surface area contributed by atoms with E-state index in [1.807, 2.05) is 42.6 Å². The number of anilines is 1. The number of hydrogen-bond donors (Lipinski definition) is 1. The van der Waals surface area contributed by atoms with Crippen LogP contribution in [0.15, 0.2) is 47.8 Å². The largest absolute Gasteiger partial charge is 0.298 e. The van der Waals surface area contributed by atoms with Crippen LogP contribution in [0.1, 0.15) is 21.5 Å². The second kappa shape index (κ2) is 6.80. The summed E-state index contributed by atoms with van der Waals surface area (Å²) in [6.07, 6.45) is 0. The van der Waals surface area contributed by atoms with E-state index in [0.29, 0.717) is 10.7 Å². The molecule has 0 fully saturated rings. The Morgan fingerprint density at radius 1 is 1.09 bits per heavy atom. The average molecular weight is 434 g/mol. The number of hydrogen-bond acceptors (Lipinski definition) is 3. The third-order valence-corrected chi connectivity index (χ3v) is 5.14. The molecule has 3 rings (SSSR count). The topological polar surface area (TPSA) is 42.0 Å². The number of nitrogens with one attached hydrogen (secondary N) is 1.